The summed E-state index contributed by atoms with van der Waals surface area (Å²) in [4.78, 5) is 23.7. The standard InChI is InChI=1S/C10H20N2O4.Na/c1-10(2,3)16-9(15)11-7(8(13)14)6-12(4)5;/h7H,6H2,1-5H3,(H,11,15)(H,13,14);/q;+1/p-1. The Morgan fingerprint density at radius 1 is 1.35 bits per heavy atom. The maximum atomic E-state index is 11.3. The number of alkyl carbamates (subject to hydrolysis) is 1. The van der Waals surface area contributed by atoms with Gasteiger partial charge in [0.25, 0.3) is 0 Å². The summed E-state index contributed by atoms with van der Waals surface area (Å²) in [6.07, 6.45) is -0.761. The molecule has 1 N–H and O–H groups in total. The Bertz CT molecular complexity index is 264. The molecule has 1 atom stereocenters. The number of amides is 1. The van der Waals surface area contributed by atoms with E-state index < -0.39 is 23.7 Å². The van der Waals surface area contributed by atoms with Gasteiger partial charge in [-0.3, -0.25) is 0 Å². The summed E-state index contributed by atoms with van der Waals surface area (Å²) in [5, 5.41) is 13.0. The first kappa shape index (κ1) is 19.0. The molecule has 0 saturated carbocycles. The summed E-state index contributed by atoms with van der Waals surface area (Å²) in [5.41, 5.74) is -0.654. The third-order valence-electron chi connectivity index (χ3n) is 1.52. The summed E-state index contributed by atoms with van der Waals surface area (Å²) in [5.74, 6) is -1.33. The van der Waals surface area contributed by atoms with Crippen LogP contribution in [0.4, 0.5) is 4.79 Å². The molecule has 0 spiro atoms. The van der Waals surface area contributed by atoms with E-state index in [0.29, 0.717) is 0 Å². The second-order valence-electron chi connectivity index (χ2n) is 4.78. The Kier molecular flexibility index (Phi) is 8.87. The van der Waals surface area contributed by atoms with E-state index in [1.54, 1.807) is 39.8 Å². The Hall–Kier alpha value is -0.300. The van der Waals surface area contributed by atoms with E-state index in [1.165, 1.54) is 0 Å². The molecule has 0 aliphatic carbocycles. The number of hydrogen-bond acceptors (Lipinski definition) is 5. The van der Waals surface area contributed by atoms with Crippen molar-refractivity contribution in [2.75, 3.05) is 20.6 Å². The van der Waals surface area contributed by atoms with E-state index in [-0.39, 0.29) is 36.1 Å². The van der Waals surface area contributed by atoms with E-state index in [9.17, 15) is 14.7 Å². The normalized spacial score (nSPS) is 12.6. The number of carboxylic acids is 1. The van der Waals surface area contributed by atoms with Gasteiger partial charge in [-0.25, -0.2) is 4.79 Å². The molecule has 0 aliphatic heterocycles. The van der Waals surface area contributed by atoms with Crippen molar-refractivity contribution in [3.05, 3.63) is 0 Å². The molecule has 0 bridgehead atoms. The fraction of sp³-hybridized carbons (Fsp3) is 0.800. The molecule has 17 heavy (non-hydrogen) atoms. The second kappa shape index (κ2) is 7.92. The largest absolute Gasteiger partial charge is 1.00 e. The number of likely N-dealkylation sites (N-methyl/N-ethyl adjacent to an activating group) is 1. The third kappa shape index (κ3) is 10.6. The maximum absolute atomic E-state index is 11.3. The Balaban J connectivity index is 0. The van der Waals surface area contributed by atoms with Gasteiger partial charge in [0, 0.05) is 6.54 Å². The van der Waals surface area contributed by atoms with Crippen LogP contribution in [0.1, 0.15) is 20.8 Å². The van der Waals surface area contributed by atoms with Crippen LogP contribution >= 0.6 is 0 Å². The minimum atomic E-state index is -1.33. The van der Waals surface area contributed by atoms with Crippen LogP contribution in [0, 0.1) is 0 Å². The maximum Gasteiger partial charge on any atom is 1.00 e. The molecule has 94 valence electrons. The number of nitrogens with one attached hydrogen (secondary N) is 1. The molecule has 0 aromatic carbocycles. The van der Waals surface area contributed by atoms with Crippen LogP contribution in [0.5, 0.6) is 0 Å². The summed E-state index contributed by atoms with van der Waals surface area (Å²) >= 11 is 0. The first-order chi connectivity index (χ1) is 7.11. The Morgan fingerprint density at radius 2 is 1.82 bits per heavy atom. The molecule has 0 aliphatic rings. The molecular formula is C10H19N2NaO4. The molecule has 1 unspecified atom stereocenters. The van der Waals surface area contributed by atoms with Crippen molar-refractivity contribution < 1.29 is 49.0 Å². The molecule has 1 amide bonds. The van der Waals surface area contributed by atoms with E-state index in [4.69, 9.17) is 4.74 Å². The van der Waals surface area contributed by atoms with Crippen LogP contribution in [0.15, 0.2) is 0 Å². The van der Waals surface area contributed by atoms with Crippen molar-refractivity contribution in [2.45, 2.75) is 32.4 Å². The van der Waals surface area contributed by atoms with Crippen LogP contribution in [0.2, 0.25) is 0 Å². The van der Waals surface area contributed by atoms with Gasteiger partial charge in [-0.1, -0.05) is 0 Å². The molecule has 0 heterocycles. The fourth-order valence-electron chi connectivity index (χ4n) is 0.994. The minimum absolute atomic E-state index is 0. The van der Waals surface area contributed by atoms with Gasteiger partial charge in [-0.05, 0) is 34.9 Å². The Morgan fingerprint density at radius 3 is 2.12 bits per heavy atom. The van der Waals surface area contributed by atoms with Gasteiger partial charge in [0.1, 0.15) is 5.60 Å². The number of aliphatic carboxylic acids is 1. The van der Waals surface area contributed by atoms with Gasteiger partial charge in [0.05, 0.1) is 12.0 Å². The molecule has 6 nitrogen and oxygen atoms in total. The van der Waals surface area contributed by atoms with Gasteiger partial charge in [-0.2, -0.15) is 0 Å². The zero-order valence-corrected chi connectivity index (χ0v) is 13.4. The second-order valence-corrected chi connectivity index (χ2v) is 4.78. The van der Waals surface area contributed by atoms with E-state index in [1.807, 2.05) is 0 Å². The Labute approximate surface area is 124 Å². The average molecular weight is 254 g/mol. The first-order valence-electron chi connectivity index (χ1n) is 4.97. The van der Waals surface area contributed by atoms with E-state index in [2.05, 4.69) is 5.32 Å². The van der Waals surface area contributed by atoms with Crippen LogP contribution < -0.4 is 40.0 Å². The summed E-state index contributed by atoms with van der Waals surface area (Å²) in [6.45, 7) is 5.26. The van der Waals surface area contributed by atoms with Crippen molar-refractivity contribution in [3.63, 3.8) is 0 Å². The molecule has 0 radical (unpaired) electrons. The van der Waals surface area contributed by atoms with Crippen LogP contribution in [0.25, 0.3) is 0 Å². The van der Waals surface area contributed by atoms with Gasteiger partial charge in [-0.15, -0.1) is 0 Å². The quantitative estimate of drug-likeness (QED) is 0.520. The zero-order valence-electron chi connectivity index (χ0n) is 11.4. The smallest absolute Gasteiger partial charge is 0.548 e. The minimum Gasteiger partial charge on any atom is -0.548 e. The molecule has 0 aromatic rings. The fourth-order valence-corrected chi connectivity index (χ4v) is 0.994. The van der Waals surface area contributed by atoms with Crippen LogP contribution in [-0.2, 0) is 9.53 Å². The first-order valence-corrected chi connectivity index (χ1v) is 4.97. The van der Waals surface area contributed by atoms with Crippen molar-refractivity contribution >= 4 is 12.1 Å². The van der Waals surface area contributed by atoms with Gasteiger partial charge < -0.3 is 24.9 Å². The van der Waals surface area contributed by atoms with E-state index in [0.717, 1.165) is 0 Å². The number of hydrogen-bond donors (Lipinski definition) is 1. The number of carbonyl (C=O) groups is 2. The van der Waals surface area contributed by atoms with Gasteiger partial charge in [0.15, 0.2) is 0 Å². The molecule has 7 heteroatoms. The number of rotatable bonds is 4. The van der Waals surface area contributed by atoms with Crippen molar-refractivity contribution in [1.29, 1.82) is 0 Å². The molecule has 0 rings (SSSR count). The van der Waals surface area contributed by atoms with Crippen molar-refractivity contribution in [3.8, 4) is 0 Å². The van der Waals surface area contributed by atoms with E-state index >= 15 is 0 Å². The molecular weight excluding hydrogens is 235 g/mol. The number of ether oxygens (including phenoxy) is 1. The summed E-state index contributed by atoms with van der Waals surface area (Å²) < 4.78 is 4.94. The van der Waals surface area contributed by atoms with Crippen LogP contribution in [0.3, 0.4) is 0 Å². The van der Waals surface area contributed by atoms with Gasteiger partial charge in [0.2, 0.25) is 0 Å². The van der Waals surface area contributed by atoms with Crippen molar-refractivity contribution in [1.82, 2.24) is 10.2 Å². The zero-order chi connectivity index (χ0) is 12.9. The average Bonchev–Trinajstić information content (AvgIpc) is 1.97. The summed E-state index contributed by atoms with van der Waals surface area (Å²) in [6, 6.07) is -1.08. The predicted molar refractivity (Wildman–Crippen MR) is 56.7 cm³/mol. The van der Waals surface area contributed by atoms with Crippen molar-refractivity contribution in [2.24, 2.45) is 0 Å². The molecule has 0 saturated heterocycles. The van der Waals surface area contributed by atoms with Gasteiger partial charge >= 0.3 is 35.7 Å². The SMILES string of the molecule is CN(C)CC(NC(=O)OC(C)(C)C)C(=O)[O-].[Na+]. The number of carboxylic acid groups (broad SMARTS) is 1. The third-order valence-corrected chi connectivity index (χ3v) is 1.52. The molecule has 0 aromatic heterocycles. The molecule has 0 fully saturated rings. The monoisotopic (exact) mass is 254 g/mol. The predicted octanol–water partition coefficient (Wildman–Crippen LogP) is -3.80. The topological polar surface area (TPSA) is 81.7 Å². The summed E-state index contributed by atoms with van der Waals surface area (Å²) in [7, 11) is 3.40. The van der Waals surface area contributed by atoms with Crippen LogP contribution in [-0.4, -0.2) is 49.2 Å². The number of nitrogens with zero attached hydrogens (tertiary/aromatic N) is 1. The number of carbonyl (C=O) groups excluding carboxylic acids is 2.